The van der Waals surface area contributed by atoms with Crippen LogP contribution in [0.3, 0.4) is 0 Å². The average Bonchev–Trinajstić information content (AvgIpc) is 2.71. The van der Waals surface area contributed by atoms with Gasteiger partial charge in [-0.2, -0.15) is 13.5 Å². The van der Waals surface area contributed by atoms with Crippen molar-refractivity contribution in [2.45, 2.75) is 10.1 Å². The van der Waals surface area contributed by atoms with E-state index in [-0.39, 0.29) is 0 Å². The third-order valence-corrected chi connectivity index (χ3v) is 3.14. The molecule has 0 saturated carbocycles. The molecule has 0 saturated heterocycles. The second-order valence-electron chi connectivity index (χ2n) is 3.06. The number of benzene rings is 1. The van der Waals surface area contributed by atoms with E-state index in [1.165, 1.54) is 18.1 Å². The van der Waals surface area contributed by atoms with E-state index < -0.39 is 10.2 Å². The lowest BCUT2D eigenvalue weighted by Gasteiger charge is -2.03. The summed E-state index contributed by atoms with van der Waals surface area (Å²) in [5, 5.41) is 11.9. The predicted molar refractivity (Wildman–Crippen MR) is 63.7 cm³/mol. The molecular weight excluding hydrogens is 262 g/mol. The van der Waals surface area contributed by atoms with Gasteiger partial charge in [-0.3, -0.25) is 9.82 Å². The molecule has 0 spiro atoms. The molecule has 0 bridgehead atoms. The Balaban J connectivity index is 2.08. The van der Waals surface area contributed by atoms with E-state index in [4.69, 9.17) is 5.14 Å². The average molecular weight is 271 g/mol. The zero-order valence-electron chi connectivity index (χ0n) is 8.49. The van der Waals surface area contributed by atoms with Crippen LogP contribution in [-0.2, 0) is 10.2 Å². The van der Waals surface area contributed by atoms with E-state index in [1.807, 2.05) is 0 Å². The van der Waals surface area contributed by atoms with Gasteiger partial charge >= 0.3 is 0 Å². The highest BCUT2D eigenvalue weighted by Gasteiger charge is 2.03. The number of aromatic amines is 1. The first-order chi connectivity index (χ1) is 8.03. The highest BCUT2D eigenvalue weighted by atomic mass is 32.2. The summed E-state index contributed by atoms with van der Waals surface area (Å²) in [6, 6.07) is 6.73. The van der Waals surface area contributed by atoms with E-state index in [9.17, 15) is 8.42 Å². The first kappa shape index (κ1) is 11.9. The number of hydrogen-bond donors (Lipinski definition) is 3. The van der Waals surface area contributed by atoms with Crippen LogP contribution in [-0.4, -0.2) is 23.6 Å². The van der Waals surface area contributed by atoms with E-state index in [2.05, 4.69) is 19.9 Å². The van der Waals surface area contributed by atoms with Gasteiger partial charge in [0.1, 0.15) is 6.33 Å². The van der Waals surface area contributed by atoms with Crippen molar-refractivity contribution in [1.29, 1.82) is 0 Å². The van der Waals surface area contributed by atoms with Gasteiger partial charge in [0, 0.05) is 10.6 Å². The fraction of sp³-hybridized carbons (Fsp3) is 0. The number of aromatic nitrogens is 3. The second-order valence-corrected chi connectivity index (χ2v) is 5.42. The van der Waals surface area contributed by atoms with Gasteiger partial charge in [0.05, 0.1) is 0 Å². The Kier molecular flexibility index (Phi) is 3.31. The molecule has 0 radical (unpaired) electrons. The summed E-state index contributed by atoms with van der Waals surface area (Å²) >= 11 is 1.38. The first-order valence-electron chi connectivity index (χ1n) is 4.47. The van der Waals surface area contributed by atoms with Gasteiger partial charge in [0.2, 0.25) is 0 Å². The molecule has 2 aromatic rings. The molecule has 0 fully saturated rings. The van der Waals surface area contributed by atoms with Crippen LogP contribution in [0.25, 0.3) is 0 Å². The maximum Gasteiger partial charge on any atom is 0.296 e. The second kappa shape index (κ2) is 4.73. The first-order valence-corrected chi connectivity index (χ1v) is 6.83. The van der Waals surface area contributed by atoms with E-state index in [0.29, 0.717) is 10.8 Å². The number of rotatable bonds is 4. The number of hydrogen-bond acceptors (Lipinski definition) is 5. The van der Waals surface area contributed by atoms with Crippen molar-refractivity contribution in [3.05, 3.63) is 30.6 Å². The number of H-pyrrole nitrogens is 1. The van der Waals surface area contributed by atoms with Crippen LogP contribution < -0.4 is 9.86 Å². The monoisotopic (exact) mass is 271 g/mol. The van der Waals surface area contributed by atoms with Crippen LogP contribution in [0.15, 0.2) is 40.6 Å². The molecule has 7 nitrogen and oxygen atoms in total. The summed E-state index contributed by atoms with van der Waals surface area (Å²) in [5.74, 6) is 0. The van der Waals surface area contributed by atoms with Crippen LogP contribution in [0.4, 0.5) is 5.69 Å². The fourth-order valence-corrected chi connectivity index (χ4v) is 2.27. The third kappa shape index (κ3) is 3.73. The van der Waals surface area contributed by atoms with Crippen molar-refractivity contribution < 1.29 is 8.42 Å². The maximum atomic E-state index is 10.8. The Morgan fingerprint density at radius 2 is 2.00 bits per heavy atom. The molecule has 1 heterocycles. The number of anilines is 1. The largest absolute Gasteiger partial charge is 0.296 e. The number of nitrogens with two attached hydrogens (primary N) is 1. The Hall–Kier alpha value is -1.58. The minimum atomic E-state index is -3.73. The molecule has 9 heteroatoms. The van der Waals surface area contributed by atoms with E-state index >= 15 is 0 Å². The fourth-order valence-electron chi connectivity index (χ4n) is 1.11. The van der Waals surface area contributed by atoms with Gasteiger partial charge in [-0.15, -0.1) is 0 Å². The Morgan fingerprint density at radius 1 is 1.29 bits per heavy atom. The summed E-state index contributed by atoms with van der Waals surface area (Å²) < 4.78 is 23.7. The molecule has 0 atom stereocenters. The molecular formula is C8H9N5O2S2. The normalized spacial score (nSPS) is 11.4. The highest BCUT2D eigenvalue weighted by Crippen LogP contribution is 2.25. The molecule has 0 aliphatic carbocycles. The molecule has 0 aliphatic rings. The molecule has 0 unspecified atom stereocenters. The van der Waals surface area contributed by atoms with Crippen molar-refractivity contribution in [2.24, 2.45) is 5.14 Å². The lowest BCUT2D eigenvalue weighted by atomic mass is 10.3. The quantitative estimate of drug-likeness (QED) is 0.752. The van der Waals surface area contributed by atoms with Crippen LogP contribution in [0.2, 0.25) is 0 Å². The van der Waals surface area contributed by atoms with Crippen molar-refractivity contribution in [3.8, 4) is 0 Å². The summed E-state index contributed by atoms with van der Waals surface area (Å²) in [6.07, 6.45) is 1.42. The van der Waals surface area contributed by atoms with Crippen LogP contribution in [0, 0.1) is 0 Å². The van der Waals surface area contributed by atoms with Crippen LogP contribution >= 0.6 is 11.8 Å². The van der Waals surface area contributed by atoms with Crippen molar-refractivity contribution >= 4 is 27.7 Å². The minimum Gasteiger partial charge on any atom is -0.271 e. The smallest absolute Gasteiger partial charge is 0.271 e. The summed E-state index contributed by atoms with van der Waals surface area (Å²) in [5.41, 5.74) is 0.411. The lowest BCUT2D eigenvalue weighted by molar-refractivity contribution is 0.603. The Morgan fingerprint density at radius 3 is 2.53 bits per heavy atom. The van der Waals surface area contributed by atoms with Crippen molar-refractivity contribution in [3.63, 3.8) is 0 Å². The number of nitrogens with one attached hydrogen (secondary N) is 2. The minimum absolute atomic E-state index is 0.411. The van der Waals surface area contributed by atoms with Crippen LogP contribution in [0.5, 0.6) is 0 Å². The van der Waals surface area contributed by atoms with Gasteiger partial charge in [-0.25, -0.2) is 10.1 Å². The Labute approximate surface area is 102 Å². The van der Waals surface area contributed by atoms with E-state index in [1.54, 1.807) is 24.3 Å². The molecule has 0 amide bonds. The highest BCUT2D eigenvalue weighted by molar-refractivity contribution is 7.99. The lowest BCUT2D eigenvalue weighted by Crippen LogP contribution is -2.21. The summed E-state index contributed by atoms with van der Waals surface area (Å²) in [7, 11) is -3.73. The molecule has 4 N–H and O–H groups in total. The van der Waals surface area contributed by atoms with Crippen molar-refractivity contribution in [2.75, 3.05) is 4.72 Å². The molecule has 90 valence electrons. The van der Waals surface area contributed by atoms with E-state index in [0.717, 1.165) is 4.90 Å². The van der Waals surface area contributed by atoms with Gasteiger partial charge in [0.25, 0.3) is 10.2 Å². The zero-order valence-corrected chi connectivity index (χ0v) is 10.1. The maximum absolute atomic E-state index is 10.8. The SMILES string of the molecule is NS(=O)(=O)Nc1ccc(Sc2ncn[nH]2)cc1. The topological polar surface area (TPSA) is 114 Å². The Bertz CT molecular complexity index is 579. The summed E-state index contributed by atoms with van der Waals surface area (Å²) in [6.45, 7) is 0. The summed E-state index contributed by atoms with van der Waals surface area (Å²) in [4.78, 5) is 4.86. The van der Waals surface area contributed by atoms with Gasteiger partial charge in [0.15, 0.2) is 5.16 Å². The third-order valence-electron chi connectivity index (χ3n) is 1.72. The predicted octanol–water partition coefficient (Wildman–Crippen LogP) is 0.571. The molecule has 1 aromatic heterocycles. The molecule has 0 aliphatic heterocycles. The van der Waals surface area contributed by atoms with Gasteiger partial charge < -0.3 is 0 Å². The zero-order chi connectivity index (χ0) is 12.3. The molecule has 17 heavy (non-hydrogen) atoms. The molecule has 1 aromatic carbocycles. The molecule has 2 rings (SSSR count). The number of nitrogens with zero attached hydrogens (tertiary/aromatic N) is 2. The van der Waals surface area contributed by atoms with Gasteiger partial charge in [-0.1, -0.05) is 11.8 Å². The van der Waals surface area contributed by atoms with Crippen molar-refractivity contribution in [1.82, 2.24) is 15.2 Å². The van der Waals surface area contributed by atoms with Gasteiger partial charge in [-0.05, 0) is 24.3 Å². The standard InChI is InChI=1S/C8H9N5O2S2/c9-17(14,15)13-6-1-3-7(4-2-6)16-8-10-5-11-12-8/h1-5,13H,(H2,9,14,15)(H,10,11,12). The van der Waals surface area contributed by atoms with Crippen LogP contribution in [0.1, 0.15) is 0 Å².